The molecule has 1 N–H and O–H groups in total. The van der Waals surface area contributed by atoms with Crippen LogP contribution in [-0.4, -0.2) is 34.3 Å². The van der Waals surface area contributed by atoms with Gasteiger partial charge in [0.2, 0.25) is 0 Å². The molecule has 0 amide bonds. The Labute approximate surface area is 125 Å². The average molecular weight is 283 g/mol. The highest BCUT2D eigenvalue weighted by Gasteiger charge is 2.25. The summed E-state index contributed by atoms with van der Waals surface area (Å²) < 4.78 is 0. The van der Waals surface area contributed by atoms with Gasteiger partial charge in [-0.3, -0.25) is 4.98 Å². The molecule has 2 aromatic rings. The number of hydrogen-bond acceptors (Lipinski definition) is 5. The molecule has 0 aromatic carbocycles. The zero-order valence-electron chi connectivity index (χ0n) is 12.3. The summed E-state index contributed by atoms with van der Waals surface area (Å²) in [7, 11) is 0. The Hall–Kier alpha value is -2.01. The molecular weight excluding hydrogens is 262 g/mol. The van der Waals surface area contributed by atoms with Crippen molar-refractivity contribution in [3.05, 3.63) is 48.4 Å². The Kier molecular flexibility index (Phi) is 4.40. The molecule has 1 saturated heterocycles. The average Bonchev–Trinajstić information content (AvgIpc) is 3.03. The van der Waals surface area contributed by atoms with Crippen molar-refractivity contribution in [1.29, 1.82) is 0 Å². The van der Waals surface area contributed by atoms with Gasteiger partial charge < -0.3 is 10.2 Å². The van der Waals surface area contributed by atoms with E-state index in [1.54, 1.807) is 6.20 Å². The van der Waals surface area contributed by atoms with Crippen molar-refractivity contribution in [2.45, 2.75) is 31.8 Å². The molecule has 3 heterocycles. The van der Waals surface area contributed by atoms with Crippen LogP contribution in [0.4, 0.5) is 5.82 Å². The normalized spacial score (nSPS) is 19.7. The van der Waals surface area contributed by atoms with Crippen molar-refractivity contribution in [3.63, 3.8) is 0 Å². The van der Waals surface area contributed by atoms with Crippen LogP contribution in [0.5, 0.6) is 0 Å². The van der Waals surface area contributed by atoms with Gasteiger partial charge in [-0.05, 0) is 43.5 Å². The number of hydrogen-bond donors (Lipinski definition) is 1. The fourth-order valence-corrected chi connectivity index (χ4v) is 2.86. The van der Waals surface area contributed by atoms with Gasteiger partial charge in [0.1, 0.15) is 0 Å². The minimum atomic E-state index is 0.308. The predicted molar refractivity (Wildman–Crippen MR) is 83.1 cm³/mol. The molecule has 5 heteroatoms. The number of anilines is 1. The minimum absolute atomic E-state index is 0.308. The van der Waals surface area contributed by atoms with Crippen LogP contribution in [0.3, 0.4) is 0 Å². The first-order valence-corrected chi connectivity index (χ1v) is 7.52. The lowest BCUT2D eigenvalue weighted by Gasteiger charge is -2.27. The maximum atomic E-state index is 4.23. The number of nitrogens with one attached hydrogen (secondary N) is 1. The topological polar surface area (TPSA) is 53.9 Å². The molecule has 0 unspecified atom stereocenters. The summed E-state index contributed by atoms with van der Waals surface area (Å²) >= 11 is 0. The molecular formula is C16H21N5. The summed E-state index contributed by atoms with van der Waals surface area (Å²) in [4.78, 5) is 6.54. The van der Waals surface area contributed by atoms with E-state index in [1.807, 2.05) is 30.6 Å². The summed E-state index contributed by atoms with van der Waals surface area (Å²) in [6.07, 6.45) is 7.86. The van der Waals surface area contributed by atoms with Crippen molar-refractivity contribution < 1.29 is 0 Å². The van der Waals surface area contributed by atoms with Crippen LogP contribution >= 0.6 is 0 Å². The van der Waals surface area contributed by atoms with E-state index >= 15 is 0 Å². The van der Waals surface area contributed by atoms with Gasteiger partial charge in [-0.2, -0.15) is 5.10 Å². The standard InChI is InChI=1S/C16H21N5/c1-13(14-5-2-8-17-11-14)18-12-15-6-4-10-21(15)16-7-3-9-19-20-16/h2-3,5,7-9,11,13,15,18H,4,6,10,12H2,1H3/t13-,15+/m0/s1. The highest BCUT2D eigenvalue weighted by atomic mass is 15.3. The lowest BCUT2D eigenvalue weighted by Crippen LogP contribution is -2.39. The maximum Gasteiger partial charge on any atom is 0.151 e. The lowest BCUT2D eigenvalue weighted by molar-refractivity contribution is 0.512. The van der Waals surface area contributed by atoms with E-state index in [2.05, 4.69) is 38.4 Å². The van der Waals surface area contributed by atoms with Gasteiger partial charge in [-0.15, -0.1) is 5.10 Å². The van der Waals surface area contributed by atoms with Crippen molar-refractivity contribution >= 4 is 5.82 Å². The monoisotopic (exact) mass is 283 g/mol. The molecule has 1 aliphatic rings. The molecule has 1 fully saturated rings. The first kappa shape index (κ1) is 13.9. The highest BCUT2D eigenvalue weighted by Crippen LogP contribution is 2.23. The van der Waals surface area contributed by atoms with Gasteiger partial charge in [-0.25, -0.2) is 0 Å². The molecule has 0 spiro atoms. The lowest BCUT2D eigenvalue weighted by atomic mass is 10.1. The Bertz CT molecular complexity index is 545. The molecule has 1 aliphatic heterocycles. The van der Waals surface area contributed by atoms with Gasteiger partial charge >= 0.3 is 0 Å². The number of aromatic nitrogens is 3. The molecule has 3 rings (SSSR count). The zero-order valence-corrected chi connectivity index (χ0v) is 12.3. The first-order valence-electron chi connectivity index (χ1n) is 7.52. The summed E-state index contributed by atoms with van der Waals surface area (Å²) in [5.74, 6) is 0.982. The molecule has 2 atom stereocenters. The molecule has 0 aliphatic carbocycles. The third-order valence-corrected chi connectivity index (χ3v) is 4.07. The third-order valence-electron chi connectivity index (χ3n) is 4.07. The summed E-state index contributed by atoms with van der Waals surface area (Å²) in [6.45, 7) is 4.19. The first-order chi connectivity index (χ1) is 10.3. The van der Waals surface area contributed by atoms with Gasteiger partial charge in [0, 0.05) is 43.8 Å². The Balaban J connectivity index is 1.60. The predicted octanol–water partition coefficient (Wildman–Crippen LogP) is 2.19. The van der Waals surface area contributed by atoms with Crippen molar-refractivity contribution in [1.82, 2.24) is 20.5 Å². The second-order valence-electron chi connectivity index (χ2n) is 5.49. The van der Waals surface area contributed by atoms with Crippen molar-refractivity contribution in [3.8, 4) is 0 Å². The fourth-order valence-electron chi connectivity index (χ4n) is 2.86. The number of pyridine rings is 1. The third kappa shape index (κ3) is 3.36. The van der Waals surface area contributed by atoms with Crippen LogP contribution < -0.4 is 10.2 Å². The smallest absolute Gasteiger partial charge is 0.151 e. The molecule has 0 radical (unpaired) electrons. The van der Waals surface area contributed by atoms with Crippen molar-refractivity contribution in [2.75, 3.05) is 18.0 Å². The highest BCUT2D eigenvalue weighted by molar-refractivity contribution is 5.39. The summed E-state index contributed by atoms with van der Waals surface area (Å²) in [5.41, 5.74) is 1.22. The van der Waals surface area contributed by atoms with E-state index < -0.39 is 0 Å². The molecule has 0 saturated carbocycles. The van der Waals surface area contributed by atoms with E-state index in [4.69, 9.17) is 0 Å². The van der Waals surface area contributed by atoms with Gasteiger partial charge in [0.05, 0.1) is 0 Å². The molecule has 110 valence electrons. The number of rotatable bonds is 5. The Morgan fingerprint density at radius 2 is 2.24 bits per heavy atom. The molecule has 2 aromatic heterocycles. The largest absolute Gasteiger partial charge is 0.351 e. The van der Waals surface area contributed by atoms with E-state index in [1.165, 1.54) is 18.4 Å². The van der Waals surface area contributed by atoms with Crippen LogP contribution in [0.2, 0.25) is 0 Å². The second-order valence-corrected chi connectivity index (χ2v) is 5.49. The Morgan fingerprint density at radius 3 is 3.00 bits per heavy atom. The Morgan fingerprint density at radius 1 is 1.33 bits per heavy atom. The van der Waals surface area contributed by atoms with E-state index in [0.717, 1.165) is 18.9 Å². The second kappa shape index (κ2) is 6.63. The van der Waals surface area contributed by atoms with Crippen LogP contribution in [0.15, 0.2) is 42.9 Å². The van der Waals surface area contributed by atoms with Crippen LogP contribution in [-0.2, 0) is 0 Å². The number of nitrogens with zero attached hydrogens (tertiary/aromatic N) is 4. The quantitative estimate of drug-likeness (QED) is 0.911. The zero-order chi connectivity index (χ0) is 14.5. The summed E-state index contributed by atoms with van der Waals surface area (Å²) in [6, 6.07) is 8.87. The van der Waals surface area contributed by atoms with Gasteiger partial charge in [0.25, 0.3) is 0 Å². The SMILES string of the molecule is C[C@H](NC[C@H]1CCCN1c1cccnn1)c1cccnc1. The van der Waals surface area contributed by atoms with E-state index in [0.29, 0.717) is 12.1 Å². The van der Waals surface area contributed by atoms with Crippen LogP contribution in [0, 0.1) is 0 Å². The minimum Gasteiger partial charge on any atom is -0.351 e. The van der Waals surface area contributed by atoms with Crippen LogP contribution in [0.1, 0.15) is 31.4 Å². The molecule has 0 bridgehead atoms. The van der Waals surface area contributed by atoms with Gasteiger partial charge in [-0.1, -0.05) is 6.07 Å². The fraction of sp³-hybridized carbons (Fsp3) is 0.438. The van der Waals surface area contributed by atoms with E-state index in [-0.39, 0.29) is 0 Å². The van der Waals surface area contributed by atoms with Gasteiger partial charge in [0.15, 0.2) is 5.82 Å². The maximum absolute atomic E-state index is 4.23. The van der Waals surface area contributed by atoms with Crippen molar-refractivity contribution in [2.24, 2.45) is 0 Å². The molecule has 21 heavy (non-hydrogen) atoms. The van der Waals surface area contributed by atoms with E-state index in [9.17, 15) is 0 Å². The van der Waals surface area contributed by atoms with Crippen LogP contribution in [0.25, 0.3) is 0 Å². The summed E-state index contributed by atoms with van der Waals surface area (Å²) in [5, 5.41) is 11.8. The molecule has 5 nitrogen and oxygen atoms in total.